The van der Waals surface area contributed by atoms with Crippen LogP contribution in [0.5, 0.6) is 17.2 Å². The van der Waals surface area contributed by atoms with E-state index in [1.807, 2.05) is 12.1 Å². The Morgan fingerprint density at radius 3 is 2.52 bits per heavy atom. The fourth-order valence-corrected chi connectivity index (χ4v) is 5.72. The summed E-state index contributed by atoms with van der Waals surface area (Å²) in [5.74, 6) is 1.07. The Kier molecular flexibility index (Phi) is 10.3. The van der Waals surface area contributed by atoms with E-state index < -0.39 is 6.04 Å². The van der Waals surface area contributed by atoms with Gasteiger partial charge in [0.15, 0.2) is 11.5 Å². The first-order chi connectivity index (χ1) is 20.3. The van der Waals surface area contributed by atoms with Crippen molar-refractivity contribution in [1.29, 1.82) is 0 Å². The summed E-state index contributed by atoms with van der Waals surface area (Å²) in [4.78, 5) is 37.9. The number of aromatic nitrogens is 2. The van der Waals surface area contributed by atoms with Crippen LogP contribution in [0.15, 0.2) is 29.1 Å². The van der Waals surface area contributed by atoms with E-state index in [0.717, 1.165) is 16.7 Å². The maximum Gasteiger partial charge on any atom is 0.226 e. The van der Waals surface area contributed by atoms with Gasteiger partial charge in [0.25, 0.3) is 0 Å². The van der Waals surface area contributed by atoms with E-state index in [9.17, 15) is 14.4 Å². The minimum atomic E-state index is -0.395. The Morgan fingerprint density at radius 1 is 1.05 bits per heavy atom. The predicted octanol–water partition coefficient (Wildman–Crippen LogP) is 3.69. The van der Waals surface area contributed by atoms with E-state index in [-0.39, 0.29) is 23.7 Å². The van der Waals surface area contributed by atoms with Crippen LogP contribution in [0, 0.1) is 0 Å². The van der Waals surface area contributed by atoms with Gasteiger partial charge in [-0.15, -0.1) is 10.2 Å². The molecule has 42 heavy (non-hydrogen) atoms. The number of rotatable bonds is 12. The van der Waals surface area contributed by atoms with Gasteiger partial charge in [0.1, 0.15) is 11.6 Å². The second-order valence-corrected chi connectivity index (χ2v) is 10.7. The highest BCUT2D eigenvalue weighted by molar-refractivity contribution is 7.15. The van der Waals surface area contributed by atoms with Gasteiger partial charge in [-0.1, -0.05) is 17.4 Å². The number of nitrogens with zero attached hydrogens (tertiary/aromatic N) is 2. The lowest BCUT2D eigenvalue weighted by molar-refractivity contribution is -0.119. The van der Waals surface area contributed by atoms with E-state index in [4.69, 9.17) is 18.9 Å². The quantitative estimate of drug-likeness (QED) is 0.264. The molecule has 0 aliphatic heterocycles. The average molecular weight is 598 g/mol. The zero-order chi connectivity index (χ0) is 30.2. The van der Waals surface area contributed by atoms with Gasteiger partial charge in [-0.25, -0.2) is 0 Å². The molecule has 2 amide bonds. The van der Waals surface area contributed by atoms with Gasteiger partial charge < -0.3 is 34.9 Å². The molecule has 3 N–H and O–H groups in total. The summed E-state index contributed by atoms with van der Waals surface area (Å²) in [5.41, 5.74) is 3.28. The number of methoxy groups -OCH3 is 4. The molecule has 1 aliphatic rings. The minimum absolute atomic E-state index is 0.196. The van der Waals surface area contributed by atoms with E-state index in [1.54, 1.807) is 40.6 Å². The van der Waals surface area contributed by atoms with Crippen LogP contribution in [0.2, 0.25) is 0 Å². The molecule has 0 saturated carbocycles. The normalized spacial score (nSPS) is 13.7. The van der Waals surface area contributed by atoms with Crippen molar-refractivity contribution in [1.82, 2.24) is 15.5 Å². The van der Waals surface area contributed by atoms with Crippen molar-refractivity contribution in [2.24, 2.45) is 0 Å². The molecule has 1 atom stereocenters. The number of carbonyl (C=O) groups is 2. The third kappa shape index (κ3) is 6.97. The van der Waals surface area contributed by atoms with Crippen molar-refractivity contribution in [2.75, 3.05) is 45.6 Å². The Balaban J connectivity index is 1.59. The first-order valence-corrected chi connectivity index (χ1v) is 14.2. The van der Waals surface area contributed by atoms with Crippen molar-refractivity contribution in [3.05, 3.63) is 50.6 Å². The van der Waals surface area contributed by atoms with E-state index in [2.05, 4.69) is 26.1 Å². The fourth-order valence-electron chi connectivity index (χ4n) is 4.99. The number of nitrogens with one attached hydrogen (secondary N) is 3. The summed E-state index contributed by atoms with van der Waals surface area (Å²) in [5, 5.41) is 17.9. The highest BCUT2D eigenvalue weighted by Crippen LogP contribution is 2.50. The number of benzene rings is 1. The van der Waals surface area contributed by atoms with Gasteiger partial charge in [-0.05, 0) is 54.2 Å². The molecule has 13 heteroatoms. The number of amides is 2. The molecule has 0 radical (unpaired) electrons. The Morgan fingerprint density at radius 2 is 1.83 bits per heavy atom. The van der Waals surface area contributed by atoms with Gasteiger partial charge in [0.05, 0.1) is 33.1 Å². The van der Waals surface area contributed by atoms with Crippen LogP contribution in [0.25, 0.3) is 11.1 Å². The first kappa shape index (κ1) is 30.7. The standard InChI is InChI=1S/C29H35N5O7S/c1-16(35)31-20-10-8-17-13-23(39-3)27(40-4)28(41-5)26(17)18-9-11-21(22(36)14-19(18)20)30-12-6-7-24(37)32-29-34-33-25(42-29)15-38-2/h9,11,13-14,20H,6-8,10,12,15H2,1-5H3,(H,30,36)(H,31,35)(H,32,34,37)/t20-/m1/s1. The van der Waals surface area contributed by atoms with Crippen LogP contribution in [0.3, 0.4) is 0 Å². The van der Waals surface area contributed by atoms with E-state index in [0.29, 0.717) is 71.1 Å². The summed E-state index contributed by atoms with van der Waals surface area (Å²) in [7, 11) is 6.23. The zero-order valence-electron chi connectivity index (χ0n) is 24.3. The van der Waals surface area contributed by atoms with Gasteiger partial charge in [-0.3, -0.25) is 14.4 Å². The van der Waals surface area contributed by atoms with Crippen LogP contribution in [-0.2, 0) is 27.4 Å². The lowest BCUT2D eigenvalue weighted by atomic mass is 9.95. The summed E-state index contributed by atoms with van der Waals surface area (Å²) in [6, 6.07) is 6.64. The molecule has 1 aliphatic carbocycles. The highest BCUT2D eigenvalue weighted by Gasteiger charge is 2.29. The van der Waals surface area contributed by atoms with E-state index >= 15 is 0 Å². The summed E-state index contributed by atoms with van der Waals surface area (Å²) in [6.45, 7) is 2.18. The summed E-state index contributed by atoms with van der Waals surface area (Å²) in [6.07, 6.45) is 1.89. The average Bonchev–Trinajstić information content (AvgIpc) is 3.27. The zero-order valence-corrected chi connectivity index (χ0v) is 25.1. The minimum Gasteiger partial charge on any atom is -0.493 e. The predicted molar refractivity (Wildman–Crippen MR) is 160 cm³/mol. The van der Waals surface area contributed by atoms with Crippen molar-refractivity contribution in [2.45, 2.75) is 45.3 Å². The Labute approximate surface area is 247 Å². The number of anilines is 2. The number of hydrogen-bond acceptors (Lipinski definition) is 11. The van der Waals surface area contributed by atoms with E-state index in [1.165, 1.54) is 18.3 Å². The van der Waals surface area contributed by atoms with Crippen molar-refractivity contribution in [3.8, 4) is 28.4 Å². The van der Waals surface area contributed by atoms with Crippen LogP contribution >= 0.6 is 11.3 Å². The third-order valence-corrected chi connectivity index (χ3v) is 7.61. The molecule has 0 unspecified atom stereocenters. The molecule has 3 aromatic rings. The maximum absolute atomic E-state index is 13.4. The number of carbonyl (C=O) groups excluding carboxylic acids is 2. The summed E-state index contributed by atoms with van der Waals surface area (Å²) >= 11 is 1.26. The van der Waals surface area contributed by atoms with Crippen LogP contribution in [0.1, 0.15) is 48.4 Å². The molecule has 12 nitrogen and oxygen atoms in total. The van der Waals surface area contributed by atoms with Crippen LogP contribution in [0.4, 0.5) is 10.8 Å². The number of fused-ring (bicyclic) bond motifs is 3. The molecule has 0 spiro atoms. The molecule has 2 aromatic carbocycles. The number of hydrogen-bond donors (Lipinski definition) is 3. The molecular formula is C29H35N5O7S. The first-order valence-electron chi connectivity index (χ1n) is 13.4. The fraction of sp³-hybridized carbons (Fsp3) is 0.414. The van der Waals surface area contributed by atoms with Gasteiger partial charge in [0, 0.05) is 32.6 Å². The largest absolute Gasteiger partial charge is 0.493 e. The monoisotopic (exact) mass is 597 g/mol. The lowest BCUT2D eigenvalue weighted by Crippen LogP contribution is -2.26. The Bertz CT molecular complexity index is 1510. The molecule has 0 saturated heterocycles. The SMILES string of the molecule is COCc1nnc(NC(=O)CCCNc2ccc3c(cc2=O)[C@H](NC(C)=O)CCc2cc(OC)c(OC)c(OC)c2-3)s1. The van der Waals surface area contributed by atoms with Gasteiger partial charge in [-0.2, -0.15) is 0 Å². The highest BCUT2D eigenvalue weighted by atomic mass is 32.1. The van der Waals surface area contributed by atoms with Crippen molar-refractivity contribution < 1.29 is 28.5 Å². The molecule has 1 heterocycles. The second-order valence-electron chi connectivity index (χ2n) is 9.61. The van der Waals surface area contributed by atoms with Crippen LogP contribution < -0.4 is 35.6 Å². The number of aryl methyl sites for hydroxylation is 1. The molecular weight excluding hydrogens is 562 g/mol. The Hall–Kier alpha value is -4.23. The molecule has 1 aromatic heterocycles. The summed E-state index contributed by atoms with van der Waals surface area (Å²) < 4.78 is 22.0. The molecule has 0 bridgehead atoms. The second kappa shape index (κ2) is 14.1. The van der Waals surface area contributed by atoms with Gasteiger partial charge in [0.2, 0.25) is 28.1 Å². The maximum atomic E-state index is 13.4. The van der Waals surface area contributed by atoms with Crippen LogP contribution in [-0.4, -0.2) is 57.0 Å². The lowest BCUT2D eigenvalue weighted by Gasteiger charge is -2.19. The molecule has 0 fully saturated rings. The smallest absolute Gasteiger partial charge is 0.226 e. The van der Waals surface area contributed by atoms with Crippen molar-refractivity contribution in [3.63, 3.8) is 0 Å². The van der Waals surface area contributed by atoms with Crippen molar-refractivity contribution >= 4 is 34.0 Å². The topological polar surface area (TPSA) is 150 Å². The van der Waals surface area contributed by atoms with Gasteiger partial charge >= 0.3 is 0 Å². The third-order valence-electron chi connectivity index (χ3n) is 6.79. The molecule has 4 rings (SSSR count). The molecule has 224 valence electrons. The number of ether oxygens (including phenoxy) is 4.